The Balaban J connectivity index is 2.30. The van der Waals surface area contributed by atoms with E-state index in [1.807, 2.05) is 13.8 Å². The molecule has 5 nitrogen and oxygen atoms in total. The molecule has 0 amide bonds. The summed E-state index contributed by atoms with van der Waals surface area (Å²) >= 11 is 1.48. The fourth-order valence-corrected chi connectivity index (χ4v) is 1.77. The summed E-state index contributed by atoms with van der Waals surface area (Å²) in [6.07, 6.45) is 0.825. The monoisotopic (exact) mass is 259 g/mol. The second-order valence-electron chi connectivity index (χ2n) is 4.30. The van der Waals surface area contributed by atoms with E-state index in [1.165, 1.54) is 11.3 Å². The molecule has 17 heavy (non-hydrogen) atoms. The van der Waals surface area contributed by atoms with Gasteiger partial charge in [0.15, 0.2) is 0 Å². The quantitative estimate of drug-likeness (QED) is 0.772. The van der Waals surface area contributed by atoms with E-state index in [9.17, 15) is 0 Å². The zero-order chi connectivity index (χ0) is 12.7. The van der Waals surface area contributed by atoms with Crippen molar-refractivity contribution in [2.45, 2.75) is 39.3 Å². The van der Waals surface area contributed by atoms with E-state index >= 15 is 0 Å². The van der Waals surface area contributed by atoms with Gasteiger partial charge in [-0.05, 0) is 20.4 Å². The molecule has 0 unspecified atom stereocenters. The molecule has 0 aromatic carbocycles. The first-order valence-corrected chi connectivity index (χ1v) is 6.60. The van der Waals surface area contributed by atoms with Crippen molar-refractivity contribution in [1.29, 1.82) is 0 Å². The molecule has 0 bridgehead atoms. The van der Waals surface area contributed by atoms with Gasteiger partial charge in [0.05, 0.1) is 12.2 Å². The molecule has 0 atom stereocenters. The van der Waals surface area contributed by atoms with Crippen LogP contribution in [0.3, 0.4) is 0 Å². The Morgan fingerprint density at radius 1 is 1.35 bits per heavy atom. The molecule has 0 aliphatic heterocycles. The molecule has 1 heterocycles. The third-order valence-electron chi connectivity index (χ3n) is 2.46. The summed E-state index contributed by atoms with van der Waals surface area (Å²) in [4.78, 5) is 0. The molecule has 0 saturated carbocycles. The Morgan fingerprint density at radius 3 is 2.76 bits per heavy atom. The van der Waals surface area contributed by atoms with Crippen LogP contribution in [0.4, 0.5) is 0 Å². The summed E-state index contributed by atoms with van der Waals surface area (Å²) in [5.41, 5.74) is -0.155. The van der Waals surface area contributed by atoms with E-state index in [2.05, 4.69) is 22.4 Å². The van der Waals surface area contributed by atoms with E-state index < -0.39 is 0 Å². The van der Waals surface area contributed by atoms with Gasteiger partial charge in [-0.1, -0.05) is 18.3 Å². The topological polar surface area (TPSA) is 56.3 Å². The lowest BCUT2D eigenvalue weighted by Crippen LogP contribution is -2.25. The predicted molar refractivity (Wildman–Crippen MR) is 68.5 cm³/mol. The number of nitrogens with zero attached hydrogens (tertiary/aromatic N) is 2. The molecule has 0 aliphatic carbocycles. The van der Waals surface area contributed by atoms with Crippen molar-refractivity contribution in [3.63, 3.8) is 0 Å². The molecule has 0 fully saturated rings. The number of nitrogens with one attached hydrogen (secondary N) is 1. The molecule has 1 aromatic rings. The van der Waals surface area contributed by atoms with Crippen molar-refractivity contribution >= 4 is 11.3 Å². The number of rotatable bonds is 8. The fraction of sp³-hybridized carbons (Fsp3) is 0.818. The number of methoxy groups -OCH3 is 1. The Bertz CT molecular complexity index is 328. The first-order chi connectivity index (χ1) is 8.07. The Morgan fingerprint density at radius 2 is 2.12 bits per heavy atom. The minimum absolute atomic E-state index is 0.155. The van der Waals surface area contributed by atoms with Gasteiger partial charge in [0.2, 0.25) is 0 Å². The van der Waals surface area contributed by atoms with Gasteiger partial charge >= 0.3 is 0 Å². The summed E-state index contributed by atoms with van der Waals surface area (Å²) in [6.45, 7) is 8.40. The van der Waals surface area contributed by atoms with Gasteiger partial charge in [-0.15, -0.1) is 10.2 Å². The van der Waals surface area contributed by atoms with Crippen molar-refractivity contribution in [2.24, 2.45) is 0 Å². The lowest BCUT2D eigenvalue weighted by molar-refractivity contribution is 0.00538. The predicted octanol–water partition coefficient (Wildman–Crippen LogP) is 1.84. The first kappa shape index (κ1) is 14.3. The first-order valence-electron chi connectivity index (χ1n) is 5.78. The van der Waals surface area contributed by atoms with Crippen molar-refractivity contribution < 1.29 is 9.47 Å². The van der Waals surface area contributed by atoms with Crippen molar-refractivity contribution in [3.05, 3.63) is 5.01 Å². The van der Waals surface area contributed by atoms with Gasteiger partial charge in [-0.2, -0.15) is 0 Å². The molecule has 1 rings (SSSR count). The van der Waals surface area contributed by atoms with Crippen molar-refractivity contribution in [1.82, 2.24) is 15.5 Å². The maximum absolute atomic E-state index is 5.54. The van der Waals surface area contributed by atoms with E-state index in [0.717, 1.165) is 24.5 Å². The minimum Gasteiger partial charge on any atom is -0.469 e. The van der Waals surface area contributed by atoms with Crippen LogP contribution >= 0.6 is 11.3 Å². The smallest absolute Gasteiger partial charge is 0.294 e. The van der Waals surface area contributed by atoms with Crippen LogP contribution < -0.4 is 10.1 Å². The highest BCUT2D eigenvalue weighted by atomic mass is 32.1. The van der Waals surface area contributed by atoms with E-state index in [1.54, 1.807) is 7.11 Å². The van der Waals surface area contributed by atoms with Crippen LogP contribution in [0.2, 0.25) is 0 Å². The lowest BCUT2D eigenvalue weighted by atomic mass is 10.1. The van der Waals surface area contributed by atoms with E-state index in [4.69, 9.17) is 9.47 Å². The summed E-state index contributed by atoms with van der Waals surface area (Å²) < 4.78 is 10.9. The van der Waals surface area contributed by atoms with Gasteiger partial charge in [-0.3, -0.25) is 0 Å². The van der Waals surface area contributed by atoms with E-state index in [-0.39, 0.29) is 5.60 Å². The van der Waals surface area contributed by atoms with Crippen LogP contribution in [0, 0.1) is 0 Å². The number of hydrogen-bond donors (Lipinski definition) is 1. The standard InChI is InChI=1S/C11H21N3O2S/c1-5-12-8-9-13-14-10(17-9)16-7-6-11(2,3)15-4/h12H,5-8H2,1-4H3. The summed E-state index contributed by atoms with van der Waals surface area (Å²) in [5, 5.41) is 12.8. The molecular weight excluding hydrogens is 238 g/mol. The van der Waals surface area contributed by atoms with Gasteiger partial charge < -0.3 is 14.8 Å². The second kappa shape index (κ2) is 6.88. The Kier molecular flexibility index (Phi) is 5.80. The highest BCUT2D eigenvalue weighted by molar-refractivity contribution is 7.13. The zero-order valence-corrected chi connectivity index (χ0v) is 11.8. The largest absolute Gasteiger partial charge is 0.469 e. The highest BCUT2D eigenvalue weighted by Gasteiger charge is 2.16. The van der Waals surface area contributed by atoms with Gasteiger partial charge in [0.1, 0.15) is 5.01 Å². The molecule has 0 saturated heterocycles. The molecule has 1 N–H and O–H groups in total. The Labute approximate surface area is 107 Å². The number of hydrogen-bond acceptors (Lipinski definition) is 6. The molecule has 1 aromatic heterocycles. The second-order valence-corrected chi connectivity index (χ2v) is 5.33. The number of aromatic nitrogens is 2. The van der Waals surface area contributed by atoms with Gasteiger partial charge in [-0.25, -0.2) is 0 Å². The summed E-state index contributed by atoms with van der Waals surface area (Å²) in [6, 6.07) is 0. The molecular formula is C11H21N3O2S. The van der Waals surface area contributed by atoms with Crippen LogP contribution in [0.1, 0.15) is 32.2 Å². The van der Waals surface area contributed by atoms with Crippen molar-refractivity contribution in [2.75, 3.05) is 20.3 Å². The summed E-state index contributed by atoms with van der Waals surface area (Å²) in [5.74, 6) is 0. The molecule has 0 radical (unpaired) electrons. The normalized spacial score (nSPS) is 11.8. The lowest BCUT2D eigenvalue weighted by Gasteiger charge is -2.21. The van der Waals surface area contributed by atoms with E-state index in [0.29, 0.717) is 11.8 Å². The maximum atomic E-state index is 5.54. The third-order valence-corrected chi connectivity index (χ3v) is 3.29. The van der Waals surface area contributed by atoms with Crippen molar-refractivity contribution in [3.8, 4) is 5.19 Å². The summed E-state index contributed by atoms with van der Waals surface area (Å²) in [7, 11) is 1.71. The maximum Gasteiger partial charge on any atom is 0.294 e. The van der Waals surface area contributed by atoms with Gasteiger partial charge in [0, 0.05) is 20.1 Å². The SMILES string of the molecule is CCNCc1nnc(OCCC(C)(C)OC)s1. The third kappa shape index (κ3) is 5.43. The van der Waals surface area contributed by atoms with Crippen LogP contribution in [0.25, 0.3) is 0 Å². The minimum atomic E-state index is -0.155. The average molecular weight is 259 g/mol. The highest BCUT2D eigenvalue weighted by Crippen LogP contribution is 2.19. The molecule has 0 aliphatic rings. The van der Waals surface area contributed by atoms with Crippen LogP contribution in [-0.4, -0.2) is 36.1 Å². The van der Waals surface area contributed by atoms with Crippen LogP contribution in [-0.2, 0) is 11.3 Å². The Hall–Kier alpha value is -0.720. The van der Waals surface area contributed by atoms with Crippen LogP contribution in [0.5, 0.6) is 5.19 Å². The van der Waals surface area contributed by atoms with Crippen LogP contribution in [0.15, 0.2) is 0 Å². The molecule has 6 heteroatoms. The fourth-order valence-electron chi connectivity index (χ4n) is 1.09. The number of ether oxygens (including phenoxy) is 2. The zero-order valence-electron chi connectivity index (χ0n) is 10.9. The molecule has 98 valence electrons. The van der Waals surface area contributed by atoms with Gasteiger partial charge in [0.25, 0.3) is 5.19 Å². The molecule has 0 spiro atoms. The average Bonchev–Trinajstić information content (AvgIpc) is 2.74.